The van der Waals surface area contributed by atoms with Gasteiger partial charge < -0.3 is 20.1 Å². The number of carboxylic acids is 1. The average molecular weight is 450 g/mol. The van der Waals surface area contributed by atoms with Gasteiger partial charge in [-0.25, -0.2) is 9.97 Å². The van der Waals surface area contributed by atoms with E-state index in [4.69, 9.17) is 5.11 Å². The van der Waals surface area contributed by atoms with Gasteiger partial charge in [-0.1, -0.05) is 45.0 Å². The molecule has 3 N–H and O–H groups in total. The normalized spacial score (nSPS) is 11.3. The quantitative estimate of drug-likeness (QED) is 0.525. The van der Waals surface area contributed by atoms with Crippen molar-refractivity contribution in [3.63, 3.8) is 0 Å². The van der Waals surface area contributed by atoms with Crippen LogP contribution in [0.5, 0.6) is 5.75 Å². The molecule has 0 unspecified atom stereocenters. The van der Waals surface area contributed by atoms with Crippen LogP contribution in [0.2, 0.25) is 0 Å². The molecule has 1 amide bonds. The Kier molecular flexibility index (Phi) is 6.62. The van der Waals surface area contributed by atoms with Gasteiger partial charge in [-0.2, -0.15) is 0 Å². The molecule has 2 aromatic heterocycles. The Morgan fingerprint density at radius 1 is 1.06 bits per heavy atom. The van der Waals surface area contributed by atoms with Gasteiger partial charge in [0, 0.05) is 12.3 Å². The van der Waals surface area contributed by atoms with E-state index in [2.05, 4.69) is 36.1 Å². The molecule has 0 aliphatic rings. The van der Waals surface area contributed by atoms with Crippen LogP contribution in [0.25, 0.3) is 11.1 Å². The lowest BCUT2D eigenvalue weighted by Crippen LogP contribution is -2.30. The molecule has 0 saturated heterocycles. The predicted octanol–water partition coefficient (Wildman–Crippen LogP) is 2.48. The van der Waals surface area contributed by atoms with E-state index in [1.807, 2.05) is 24.3 Å². The Balaban J connectivity index is 1.85. The molecular weight excluding hydrogens is 424 g/mol. The van der Waals surface area contributed by atoms with Crippen LogP contribution in [0.15, 0.2) is 47.4 Å². The fourth-order valence-electron chi connectivity index (χ4n) is 3.23. The van der Waals surface area contributed by atoms with Gasteiger partial charge in [0.25, 0.3) is 11.5 Å². The van der Waals surface area contributed by atoms with Crippen LogP contribution in [0.3, 0.4) is 0 Å². The minimum absolute atomic E-state index is 0.0254. The zero-order chi connectivity index (χ0) is 24.3. The van der Waals surface area contributed by atoms with Crippen LogP contribution in [0.1, 0.15) is 48.3 Å². The fraction of sp³-hybridized carbons (Fsp3) is 0.292. The molecule has 0 atom stereocenters. The number of carbonyl (C=O) groups excluding carboxylic acids is 1. The Morgan fingerprint density at radius 2 is 1.73 bits per heavy atom. The van der Waals surface area contributed by atoms with E-state index < -0.39 is 24.2 Å². The molecule has 9 nitrogen and oxygen atoms in total. The molecule has 2 heterocycles. The number of benzene rings is 1. The maximum atomic E-state index is 12.7. The summed E-state index contributed by atoms with van der Waals surface area (Å²) >= 11 is 0. The smallest absolute Gasteiger partial charge is 0.322 e. The number of pyridine rings is 1. The average Bonchev–Trinajstić information content (AvgIpc) is 2.75. The number of aromatic hydroxyl groups is 1. The second-order valence-corrected chi connectivity index (χ2v) is 8.71. The van der Waals surface area contributed by atoms with E-state index in [1.54, 1.807) is 12.3 Å². The fourth-order valence-corrected chi connectivity index (χ4v) is 3.23. The summed E-state index contributed by atoms with van der Waals surface area (Å²) < 4.78 is 1.39. The molecule has 33 heavy (non-hydrogen) atoms. The van der Waals surface area contributed by atoms with Crippen molar-refractivity contribution in [1.29, 1.82) is 0 Å². The van der Waals surface area contributed by atoms with Crippen molar-refractivity contribution in [2.75, 3.05) is 6.54 Å². The van der Waals surface area contributed by atoms with Crippen molar-refractivity contribution in [2.45, 2.75) is 39.7 Å². The Labute approximate surface area is 190 Å². The molecule has 0 spiro atoms. The van der Waals surface area contributed by atoms with Gasteiger partial charge in [0.1, 0.15) is 12.4 Å². The number of hydrogen-bond acceptors (Lipinski definition) is 6. The monoisotopic (exact) mass is 450 g/mol. The van der Waals surface area contributed by atoms with E-state index in [-0.39, 0.29) is 34.7 Å². The lowest BCUT2D eigenvalue weighted by atomic mass is 9.86. The summed E-state index contributed by atoms with van der Waals surface area (Å²) in [6, 6.07) is 11.4. The summed E-state index contributed by atoms with van der Waals surface area (Å²) in [7, 11) is 0. The van der Waals surface area contributed by atoms with Crippen molar-refractivity contribution in [3.8, 4) is 16.9 Å². The number of carbonyl (C=O) groups is 2. The van der Waals surface area contributed by atoms with Gasteiger partial charge in [-0.15, -0.1) is 0 Å². The molecular formula is C24H26N4O5. The number of aliphatic carboxylic acids is 1. The maximum Gasteiger partial charge on any atom is 0.322 e. The lowest BCUT2D eigenvalue weighted by Gasteiger charge is -2.19. The summed E-state index contributed by atoms with van der Waals surface area (Å²) in [5, 5.41) is 21.0. The van der Waals surface area contributed by atoms with Crippen molar-refractivity contribution in [1.82, 2.24) is 19.9 Å². The molecule has 0 saturated carbocycles. The standard InChI is InChI=1S/C24H26N4O5/c1-14-22(32)21(23(33)25-12-20(30)31)27-18(26-14)13-28-10-9-16(11-19(28)29)15-5-7-17(8-6-15)24(2,3)4/h5-11,32H,12-13H2,1-4H3,(H,25,33)(H,30,31). The summed E-state index contributed by atoms with van der Waals surface area (Å²) in [4.78, 5) is 43.7. The van der Waals surface area contributed by atoms with Crippen molar-refractivity contribution < 1.29 is 19.8 Å². The molecule has 0 fully saturated rings. The highest BCUT2D eigenvalue weighted by molar-refractivity contribution is 5.96. The molecule has 3 aromatic rings. The highest BCUT2D eigenvalue weighted by Crippen LogP contribution is 2.25. The zero-order valence-electron chi connectivity index (χ0n) is 18.9. The largest absolute Gasteiger partial charge is 0.504 e. The third-order valence-corrected chi connectivity index (χ3v) is 5.11. The first kappa shape index (κ1) is 23.6. The molecule has 172 valence electrons. The van der Waals surface area contributed by atoms with Gasteiger partial charge in [0.15, 0.2) is 11.4 Å². The number of nitrogens with zero attached hydrogens (tertiary/aromatic N) is 3. The molecule has 0 aliphatic heterocycles. The Morgan fingerprint density at radius 3 is 2.30 bits per heavy atom. The van der Waals surface area contributed by atoms with Crippen LogP contribution in [-0.2, 0) is 16.8 Å². The van der Waals surface area contributed by atoms with Gasteiger partial charge in [-0.3, -0.25) is 14.4 Å². The van der Waals surface area contributed by atoms with Gasteiger partial charge in [-0.05, 0) is 35.1 Å². The third-order valence-electron chi connectivity index (χ3n) is 5.11. The number of aromatic nitrogens is 3. The number of rotatable bonds is 6. The number of hydrogen-bond donors (Lipinski definition) is 3. The van der Waals surface area contributed by atoms with Gasteiger partial charge in [0.2, 0.25) is 0 Å². The lowest BCUT2D eigenvalue weighted by molar-refractivity contribution is -0.135. The second-order valence-electron chi connectivity index (χ2n) is 8.71. The minimum Gasteiger partial charge on any atom is -0.504 e. The first-order chi connectivity index (χ1) is 15.5. The van der Waals surface area contributed by atoms with Crippen molar-refractivity contribution in [3.05, 3.63) is 75.7 Å². The van der Waals surface area contributed by atoms with Crippen LogP contribution in [0, 0.1) is 6.92 Å². The van der Waals surface area contributed by atoms with Crippen LogP contribution in [0.4, 0.5) is 0 Å². The van der Waals surface area contributed by atoms with Crippen molar-refractivity contribution in [2.24, 2.45) is 0 Å². The van der Waals surface area contributed by atoms with Crippen molar-refractivity contribution >= 4 is 11.9 Å². The van der Waals surface area contributed by atoms with E-state index in [0.717, 1.165) is 11.1 Å². The van der Waals surface area contributed by atoms with Gasteiger partial charge >= 0.3 is 5.97 Å². The predicted molar refractivity (Wildman–Crippen MR) is 122 cm³/mol. The number of nitrogens with one attached hydrogen (secondary N) is 1. The Bertz CT molecular complexity index is 1260. The van der Waals surface area contributed by atoms with Crippen LogP contribution in [-0.4, -0.2) is 43.2 Å². The minimum atomic E-state index is -1.23. The number of aryl methyl sites for hydroxylation is 1. The van der Waals surface area contributed by atoms with Crippen LogP contribution >= 0.6 is 0 Å². The first-order valence-electron chi connectivity index (χ1n) is 10.3. The van der Waals surface area contributed by atoms with E-state index in [1.165, 1.54) is 23.1 Å². The maximum absolute atomic E-state index is 12.7. The molecule has 0 radical (unpaired) electrons. The summed E-state index contributed by atoms with van der Waals surface area (Å²) in [6.45, 7) is 7.25. The first-order valence-corrected chi connectivity index (χ1v) is 10.3. The molecule has 9 heteroatoms. The van der Waals surface area contributed by atoms with E-state index in [9.17, 15) is 19.5 Å². The Hall–Kier alpha value is -4.01. The molecule has 0 bridgehead atoms. The topological polar surface area (TPSA) is 134 Å². The van der Waals surface area contributed by atoms with Gasteiger partial charge in [0.05, 0.1) is 12.2 Å². The summed E-state index contributed by atoms with van der Waals surface area (Å²) in [5.74, 6) is -2.38. The molecule has 3 rings (SSSR count). The molecule has 0 aliphatic carbocycles. The summed E-state index contributed by atoms with van der Waals surface area (Å²) in [6.07, 6.45) is 1.62. The van der Waals surface area contributed by atoms with E-state index in [0.29, 0.717) is 0 Å². The third kappa shape index (κ3) is 5.62. The number of amides is 1. The highest BCUT2D eigenvalue weighted by atomic mass is 16.4. The van der Waals surface area contributed by atoms with E-state index >= 15 is 0 Å². The SMILES string of the molecule is Cc1nc(Cn2ccc(-c3ccc(C(C)(C)C)cc3)cc2=O)nc(C(=O)NCC(=O)O)c1O. The summed E-state index contributed by atoms with van der Waals surface area (Å²) in [5.41, 5.74) is 2.44. The second kappa shape index (κ2) is 9.23. The van der Waals surface area contributed by atoms with Crippen LogP contribution < -0.4 is 10.9 Å². The zero-order valence-corrected chi connectivity index (χ0v) is 18.9. The molecule has 1 aromatic carbocycles. The number of carboxylic acid groups (broad SMARTS) is 1. The highest BCUT2D eigenvalue weighted by Gasteiger charge is 2.19.